The van der Waals surface area contributed by atoms with E-state index < -0.39 is 16.6 Å². The molecule has 3 rings (SSSR count). The molecule has 0 saturated heterocycles. The van der Waals surface area contributed by atoms with E-state index in [9.17, 15) is 19.3 Å². The molecule has 0 aliphatic heterocycles. The topological polar surface area (TPSA) is 103 Å². The summed E-state index contributed by atoms with van der Waals surface area (Å²) in [5.74, 6) is -0.0424. The summed E-state index contributed by atoms with van der Waals surface area (Å²) in [5.41, 5.74) is 4.02. The van der Waals surface area contributed by atoms with Crippen LogP contribution in [-0.4, -0.2) is 24.2 Å². The Morgan fingerprint density at radius 2 is 1.88 bits per heavy atom. The van der Waals surface area contributed by atoms with Gasteiger partial charge in [-0.25, -0.2) is 9.82 Å². The number of hydrazone groups is 1. The number of benzene rings is 3. The molecule has 0 heterocycles. The quantitative estimate of drug-likeness (QED) is 0.270. The number of methoxy groups -OCH3 is 1. The van der Waals surface area contributed by atoms with E-state index in [1.54, 1.807) is 24.3 Å². The van der Waals surface area contributed by atoms with E-state index >= 15 is 0 Å². The van der Waals surface area contributed by atoms with E-state index in [0.29, 0.717) is 21.5 Å². The molecule has 0 spiro atoms. The number of amides is 1. The molecule has 0 radical (unpaired) electrons. The van der Waals surface area contributed by atoms with Gasteiger partial charge in [0.1, 0.15) is 12.4 Å². The Labute approximate surface area is 190 Å². The fourth-order valence-corrected chi connectivity index (χ4v) is 3.23. The Hall–Kier alpha value is -3.79. The number of carbonyl (C=O) groups is 1. The van der Waals surface area contributed by atoms with Gasteiger partial charge in [0.2, 0.25) is 0 Å². The lowest BCUT2D eigenvalue weighted by molar-refractivity contribution is -0.384. The average Bonchev–Trinajstić information content (AvgIpc) is 2.78. The van der Waals surface area contributed by atoms with Crippen molar-refractivity contribution in [1.29, 1.82) is 0 Å². The molecule has 3 aromatic rings. The first-order chi connectivity index (χ1) is 15.4. The summed E-state index contributed by atoms with van der Waals surface area (Å²) in [7, 11) is 1.48. The molecule has 0 aliphatic carbocycles. The fraction of sp³-hybridized carbons (Fsp3) is 0.0909. The van der Waals surface area contributed by atoms with Crippen LogP contribution in [0.2, 0.25) is 0 Å². The third-order valence-corrected chi connectivity index (χ3v) is 4.86. The molecule has 10 heteroatoms. The van der Waals surface area contributed by atoms with E-state index in [1.807, 2.05) is 0 Å². The van der Waals surface area contributed by atoms with Crippen LogP contribution in [-0.2, 0) is 6.61 Å². The second-order valence-corrected chi connectivity index (χ2v) is 7.31. The minimum Gasteiger partial charge on any atom is -0.493 e. The van der Waals surface area contributed by atoms with E-state index in [2.05, 4.69) is 26.5 Å². The Kier molecular flexibility index (Phi) is 7.50. The summed E-state index contributed by atoms with van der Waals surface area (Å²) in [6.45, 7) is 0.175. The normalized spacial score (nSPS) is 10.7. The number of rotatable bonds is 8. The van der Waals surface area contributed by atoms with Gasteiger partial charge in [0, 0.05) is 17.7 Å². The molecule has 3 aromatic carbocycles. The smallest absolute Gasteiger partial charge is 0.271 e. The van der Waals surface area contributed by atoms with Gasteiger partial charge in [-0.2, -0.15) is 5.10 Å². The molecule has 0 atom stereocenters. The summed E-state index contributed by atoms with van der Waals surface area (Å²) in [6.07, 6.45) is 1.43. The van der Waals surface area contributed by atoms with Crippen LogP contribution in [0, 0.1) is 15.9 Å². The lowest BCUT2D eigenvalue weighted by Gasteiger charge is -2.13. The molecule has 1 N–H and O–H groups in total. The second kappa shape index (κ2) is 10.5. The maximum atomic E-state index is 12.9. The van der Waals surface area contributed by atoms with Crippen LogP contribution in [0.25, 0.3) is 0 Å². The van der Waals surface area contributed by atoms with Crippen molar-refractivity contribution < 1.29 is 23.6 Å². The van der Waals surface area contributed by atoms with Crippen molar-refractivity contribution in [2.24, 2.45) is 5.10 Å². The van der Waals surface area contributed by atoms with Crippen LogP contribution in [0.4, 0.5) is 10.1 Å². The fourth-order valence-electron chi connectivity index (χ4n) is 2.66. The Balaban J connectivity index is 1.67. The summed E-state index contributed by atoms with van der Waals surface area (Å²) < 4.78 is 24.7. The van der Waals surface area contributed by atoms with Gasteiger partial charge in [0.15, 0.2) is 11.5 Å². The zero-order valence-electron chi connectivity index (χ0n) is 16.7. The highest BCUT2D eigenvalue weighted by Gasteiger charge is 2.12. The maximum absolute atomic E-state index is 12.9. The first-order valence-corrected chi connectivity index (χ1v) is 9.99. The van der Waals surface area contributed by atoms with Crippen molar-refractivity contribution in [1.82, 2.24) is 5.43 Å². The lowest BCUT2D eigenvalue weighted by atomic mass is 10.2. The number of nitro groups is 1. The highest BCUT2D eigenvalue weighted by molar-refractivity contribution is 9.10. The van der Waals surface area contributed by atoms with Crippen molar-refractivity contribution in [3.63, 3.8) is 0 Å². The summed E-state index contributed by atoms with van der Waals surface area (Å²) in [4.78, 5) is 22.3. The zero-order valence-corrected chi connectivity index (χ0v) is 18.3. The number of nitro benzene ring substituents is 1. The van der Waals surface area contributed by atoms with Crippen molar-refractivity contribution in [3.8, 4) is 11.5 Å². The van der Waals surface area contributed by atoms with E-state index in [0.717, 1.165) is 5.56 Å². The van der Waals surface area contributed by atoms with Gasteiger partial charge in [-0.15, -0.1) is 0 Å². The molecule has 1 amide bonds. The summed E-state index contributed by atoms with van der Waals surface area (Å²) in [6, 6.07) is 14.5. The maximum Gasteiger partial charge on any atom is 0.271 e. The van der Waals surface area contributed by atoms with E-state index in [1.165, 1.54) is 49.7 Å². The minimum absolute atomic E-state index is 0.00247. The van der Waals surface area contributed by atoms with Gasteiger partial charge in [0.25, 0.3) is 11.6 Å². The Bertz CT molecular complexity index is 1150. The number of nitrogens with one attached hydrogen (secondary N) is 1. The Morgan fingerprint density at radius 3 is 2.50 bits per heavy atom. The van der Waals surface area contributed by atoms with Gasteiger partial charge in [-0.1, -0.05) is 0 Å². The number of hydrogen-bond donors (Lipinski definition) is 1. The zero-order chi connectivity index (χ0) is 23.1. The van der Waals surface area contributed by atoms with Crippen molar-refractivity contribution in [2.45, 2.75) is 6.61 Å². The molecule has 8 nitrogen and oxygen atoms in total. The van der Waals surface area contributed by atoms with Crippen molar-refractivity contribution in [3.05, 3.63) is 97.8 Å². The number of non-ortho nitro benzene ring substituents is 1. The number of halogens is 2. The van der Waals surface area contributed by atoms with Crippen molar-refractivity contribution in [2.75, 3.05) is 7.11 Å². The standard InChI is InChI=1S/C22H17BrFN3O5/c1-31-20-11-15(12-25-26-22(28)16-4-6-17(24)7-5-16)10-19(23)21(20)32-13-14-2-8-18(9-3-14)27(29)30/h2-12H,13H2,1H3,(H,26,28)/b25-12-. The predicted octanol–water partition coefficient (Wildman–Crippen LogP) is 4.85. The predicted molar refractivity (Wildman–Crippen MR) is 120 cm³/mol. The number of nitrogens with zero attached hydrogens (tertiary/aromatic N) is 2. The largest absolute Gasteiger partial charge is 0.493 e. The molecule has 32 heavy (non-hydrogen) atoms. The van der Waals surface area contributed by atoms with E-state index in [4.69, 9.17) is 9.47 Å². The number of ether oxygens (including phenoxy) is 2. The van der Waals surface area contributed by atoms with Gasteiger partial charge >= 0.3 is 0 Å². The van der Waals surface area contributed by atoms with Crippen molar-refractivity contribution >= 4 is 33.7 Å². The molecule has 0 aromatic heterocycles. The highest BCUT2D eigenvalue weighted by atomic mass is 79.9. The third-order valence-electron chi connectivity index (χ3n) is 4.27. The second-order valence-electron chi connectivity index (χ2n) is 6.45. The van der Waals surface area contributed by atoms with Crippen LogP contribution in [0.3, 0.4) is 0 Å². The molecule has 0 saturated carbocycles. The van der Waals surface area contributed by atoms with Crippen LogP contribution in [0.1, 0.15) is 21.5 Å². The monoisotopic (exact) mass is 501 g/mol. The SMILES string of the molecule is COc1cc(/C=N\NC(=O)c2ccc(F)cc2)cc(Br)c1OCc1ccc([N+](=O)[O-])cc1. The van der Waals surface area contributed by atoms with Gasteiger partial charge in [-0.05, 0) is 75.6 Å². The van der Waals surface area contributed by atoms with Crippen LogP contribution < -0.4 is 14.9 Å². The first-order valence-electron chi connectivity index (χ1n) is 9.20. The average molecular weight is 502 g/mol. The molecule has 164 valence electrons. The van der Waals surface area contributed by atoms with Crippen LogP contribution in [0.5, 0.6) is 11.5 Å². The van der Waals surface area contributed by atoms with Gasteiger partial charge in [-0.3, -0.25) is 14.9 Å². The van der Waals surface area contributed by atoms with E-state index in [-0.39, 0.29) is 17.9 Å². The van der Waals surface area contributed by atoms with Gasteiger partial charge < -0.3 is 9.47 Å². The lowest BCUT2D eigenvalue weighted by Crippen LogP contribution is -2.17. The molecule has 0 fully saturated rings. The number of hydrogen-bond acceptors (Lipinski definition) is 6. The molecular weight excluding hydrogens is 485 g/mol. The third kappa shape index (κ3) is 5.88. The molecular formula is C22H17BrFN3O5. The van der Waals surface area contributed by atoms with Crippen LogP contribution in [0.15, 0.2) is 70.2 Å². The highest BCUT2D eigenvalue weighted by Crippen LogP contribution is 2.37. The first kappa shape index (κ1) is 22.9. The molecule has 0 aliphatic rings. The van der Waals surface area contributed by atoms with Crippen LogP contribution >= 0.6 is 15.9 Å². The minimum atomic E-state index is -0.477. The van der Waals surface area contributed by atoms with Gasteiger partial charge in [0.05, 0.1) is 22.7 Å². The summed E-state index contributed by atoms with van der Waals surface area (Å²) >= 11 is 3.43. The Morgan fingerprint density at radius 1 is 1.19 bits per heavy atom. The summed E-state index contributed by atoms with van der Waals surface area (Å²) in [5, 5.41) is 14.7. The number of carbonyl (C=O) groups excluding carboxylic acids is 1. The molecule has 0 bridgehead atoms. The molecule has 0 unspecified atom stereocenters.